The molecule has 0 saturated heterocycles. The molecule has 3 nitrogen and oxygen atoms in total. The lowest BCUT2D eigenvalue weighted by molar-refractivity contribution is -0.127. The molecule has 1 amide bonds. The van der Waals surface area contributed by atoms with E-state index in [0.717, 1.165) is 11.1 Å². The maximum absolute atomic E-state index is 12.2. The number of ether oxygens (including phenoxy) is 1. The molecule has 0 fully saturated rings. The SMILES string of the molecule is Cc1cc(Cl)ccc1OC(C)C(=O)NC(C)c1ccccc1. The van der Waals surface area contributed by atoms with Crippen molar-refractivity contribution < 1.29 is 9.53 Å². The molecule has 116 valence electrons. The summed E-state index contributed by atoms with van der Waals surface area (Å²) in [4.78, 5) is 12.2. The van der Waals surface area contributed by atoms with E-state index in [4.69, 9.17) is 16.3 Å². The van der Waals surface area contributed by atoms with E-state index in [1.807, 2.05) is 50.2 Å². The van der Waals surface area contributed by atoms with Crippen LogP contribution in [0.25, 0.3) is 0 Å². The number of benzene rings is 2. The van der Waals surface area contributed by atoms with Crippen LogP contribution in [-0.4, -0.2) is 12.0 Å². The second-order valence-electron chi connectivity index (χ2n) is 5.31. The van der Waals surface area contributed by atoms with Gasteiger partial charge in [-0.25, -0.2) is 0 Å². The van der Waals surface area contributed by atoms with Crippen molar-refractivity contribution in [1.29, 1.82) is 0 Å². The standard InChI is InChI=1S/C18H20ClNO2/c1-12-11-16(19)9-10-17(12)22-14(3)18(21)20-13(2)15-7-5-4-6-8-15/h4-11,13-14H,1-3H3,(H,20,21). The summed E-state index contributed by atoms with van der Waals surface area (Å²) in [6.07, 6.45) is -0.578. The average molecular weight is 318 g/mol. The van der Waals surface area contributed by atoms with Crippen molar-refractivity contribution in [2.45, 2.75) is 32.9 Å². The molecule has 1 N–H and O–H groups in total. The van der Waals surface area contributed by atoms with Gasteiger partial charge in [0, 0.05) is 5.02 Å². The minimum absolute atomic E-state index is 0.0638. The van der Waals surface area contributed by atoms with Gasteiger partial charge in [0.25, 0.3) is 5.91 Å². The summed E-state index contributed by atoms with van der Waals surface area (Å²) in [5.74, 6) is 0.519. The Bertz CT molecular complexity index is 643. The smallest absolute Gasteiger partial charge is 0.261 e. The van der Waals surface area contributed by atoms with Gasteiger partial charge in [-0.3, -0.25) is 4.79 Å². The topological polar surface area (TPSA) is 38.3 Å². The number of carbonyl (C=O) groups excluding carboxylic acids is 1. The van der Waals surface area contributed by atoms with Gasteiger partial charge in [0.1, 0.15) is 5.75 Å². The van der Waals surface area contributed by atoms with Crippen LogP contribution in [0.5, 0.6) is 5.75 Å². The van der Waals surface area contributed by atoms with E-state index in [1.165, 1.54) is 0 Å². The molecule has 0 bridgehead atoms. The number of rotatable bonds is 5. The van der Waals surface area contributed by atoms with Gasteiger partial charge in [-0.05, 0) is 50.1 Å². The van der Waals surface area contributed by atoms with Gasteiger partial charge in [-0.1, -0.05) is 41.9 Å². The highest BCUT2D eigenvalue weighted by atomic mass is 35.5. The molecular weight excluding hydrogens is 298 g/mol. The van der Waals surface area contributed by atoms with Gasteiger partial charge in [0.15, 0.2) is 6.10 Å². The van der Waals surface area contributed by atoms with Crippen molar-refractivity contribution in [3.8, 4) is 5.75 Å². The van der Waals surface area contributed by atoms with E-state index >= 15 is 0 Å². The van der Waals surface area contributed by atoms with Gasteiger partial charge in [0.2, 0.25) is 0 Å². The highest BCUT2D eigenvalue weighted by molar-refractivity contribution is 6.30. The van der Waals surface area contributed by atoms with E-state index in [2.05, 4.69) is 5.32 Å². The summed E-state index contributed by atoms with van der Waals surface area (Å²) in [5.41, 5.74) is 1.97. The van der Waals surface area contributed by atoms with Gasteiger partial charge >= 0.3 is 0 Å². The van der Waals surface area contributed by atoms with Gasteiger partial charge in [-0.2, -0.15) is 0 Å². The van der Waals surface area contributed by atoms with Gasteiger partial charge in [-0.15, -0.1) is 0 Å². The lowest BCUT2D eigenvalue weighted by Crippen LogP contribution is -2.37. The normalized spacial score (nSPS) is 13.3. The highest BCUT2D eigenvalue weighted by Crippen LogP contribution is 2.23. The molecule has 0 heterocycles. The molecule has 2 atom stereocenters. The number of hydrogen-bond donors (Lipinski definition) is 1. The molecule has 0 saturated carbocycles. The summed E-state index contributed by atoms with van der Waals surface area (Å²) in [6.45, 7) is 5.59. The quantitative estimate of drug-likeness (QED) is 0.893. The van der Waals surface area contributed by atoms with Crippen LogP contribution in [0, 0.1) is 6.92 Å². The largest absolute Gasteiger partial charge is 0.481 e. The molecular formula is C18H20ClNO2. The van der Waals surface area contributed by atoms with E-state index < -0.39 is 6.10 Å². The van der Waals surface area contributed by atoms with E-state index in [9.17, 15) is 4.79 Å². The van der Waals surface area contributed by atoms with Crippen LogP contribution in [0.15, 0.2) is 48.5 Å². The molecule has 0 spiro atoms. The second-order valence-corrected chi connectivity index (χ2v) is 5.75. The molecule has 0 aliphatic rings. The van der Waals surface area contributed by atoms with Crippen molar-refractivity contribution in [2.24, 2.45) is 0 Å². The molecule has 4 heteroatoms. The molecule has 22 heavy (non-hydrogen) atoms. The first-order valence-electron chi connectivity index (χ1n) is 7.25. The van der Waals surface area contributed by atoms with Crippen LogP contribution in [0.2, 0.25) is 5.02 Å². The fourth-order valence-corrected chi connectivity index (χ4v) is 2.37. The summed E-state index contributed by atoms with van der Waals surface area (Å²) < 4.78 is 5.73. The van der Waals surface area contributed by atoms with Crippen LogP contribution in [0.4, 0.5) is 0 Å². The van der Waals surface area contributed by atoms with Gasteiger partial charge in [0.05, 0.1) is 6.04 Å². The molecule has 0 aliphatic heterocycles. The Balaban J connectivity index is 1.97. The molecule has 2 rings (SSSR count). The molecule has 0 aliphatic carbocycles. The average Bonchev–Trinajstić information content (AvgIpc) is 2.50. The van der Waals surface area contributed by atoms with Crippen molar-refractivity contribution >= 4 is 17.5 Å². The van der Waals surface area contributed by atoms with Gasteiger partial charge < -0.3 is 10.1 Å². The minimum Gasteiger partial charge on any atom is -0.481 e. The fraction of sp³-hybridized carbons (Fsp3) is 0.278. The van der Waals surface area contributed by atoms with E-state index in [0.29, 0.717) is 10.8 Å². The van der Waals surface area contributed by atoms with Crippen molar-refractivity contribution in [2.75, 3.05) is 0 Å². The number of hydrogen-bond acceptors (Lipinski definition) is 2. The third-order valence-corrected chi connectivity index (χ3v) is 3.70. The summed E-state index contributed by atoms with van der Waals surface area (Å²) in [5, 5.41) is 3.61. The number of halogens is 1. The minimum atomic E-state index is -0.578. The van der Waals surface area contributed by atoms with Crippen LogP contribution in [0.1, 0.15) is 31.0 Å². The van der Waals surface area contributed by atoms with E-state index in [1.54, 1.807) is 19.1 Å². The summed E-state index contributed by atoms with van der Waals surface area (Å²) in [6, 6.07) is 15.1. The Kier molecular flexibility index (Phi) is 5.45. The lowest BCUT2D eigenvalue weighted by Gasteiger charge is -2.20. The maximum Gasteiger partial charge on any atom is 0.261 e. The Morgan fingerprint density at radius 2 is 1.82 bits per heavy atom. The predicted octanol–water partition coefficient (Wildman–Crippen LogP) is 4.29. The van der Waals surface area contributed by atoms with Crippen molar-refractivity contribution in [3.05, 3.63) is 64.7 Å². The lowest BCUT2D eigenvalue weighted by atomic mass is 10.1. The Morgan fingerprint density at radius 1 is 1.14 bits per heavy atom. The Morgan fingerprint density at radius 3 is 2.45 bits per heavy atom. The second kappa shape index (κ2) is 7.32. The van der Waals surface area contributed by atoms with Crippen LogP contribution in [0.3, 0.4) is 0 Å². The first-order chi connectivity index (χ1) is 10.5. The van der Waals surface area contributed by atoms with Crippen molar-refractivity contribution in [1.82, 2.24) is 5.32 Å². The zero-order chi connectivity index (χ0) is 16.1. The van der Waals surface area contributed by atoms with Crippen molar-refractivity contribution in [3.63, 3.8) is 0 Å². The maximum atomic E-state index is 12.2. The summed E-state index contributed by atoms with van der Waals surface area (Å²) >= 11 is 5.92. The van der Waals surface area contributed by atoms with Crippen LogP contribution in [-0.2, 0) is 4.79 Å². The molecule has 2 unspecified atom stereocenters. The zero-order valence-corrected chi connectivity index (χ0v) is 13.7. The molecule has 0 aromatic heterocycles. The number of carbonyl (C=O) groups is 1. The van der Waals surface area contributed by atoms with Crippen LogP contribution < -0.4 is 10.1 Å². The number of nitrogens with one attached hydrogen (secondary N) is 1. The number of amides is 1. The monoisotopic (exact) mass is 317 g/mol. The highest BCUT2D eigenvalue weighted by Gasteiger charge is 2.18. The predicted molar refractivity (Wildman–Crippen MR) is 89.3 cm³/mol. The Hall–Kier alpha value is -2.00. The first kappa shape index (κ1) is 16.4. The fourth-order valence-electron chi connectivity index (χ4n) is 2.14. The van der Waals surface area contributed by atoms with E-state index in [-0.39, 0.29) is 11.9 Å². The third kappa shape index (κ3) is 4.25. The Labute approximate surface area is 136 Å². The van der Waals surface area contributed by atoms with Crippen LogP contribution >= 0.6 is 11.6 Å². The summed E-state index contributed by atoms with van der Waals surface area (Å²) in [7, 11) is 0. The molecule has 2 aromatic rings. The number of aryl methyl sites for hydroxylation is 1. The first-order valence-corrected chi connectivity index (χ1v) is 7.63. The molecule has 0 radical (unpaired) electrons. The zero-order valence-electron chi connectivity index (χ0n) is 13.0. The third-order valence-electron chi connectivity index (χ3n) is 3.47. The molecule has 2 aromatic carbocycles.